The summed E-state index contributed by atoms with van der Waals surface area (Å²) >= 11 is 0. The number of carbonyl (C=O) groups excluding carboxylic acids is 1. The van der Waals surface area contributed by atoms with Crippen LogP contribution in [0.25, 0.3) is 16.9 Å². The molecule has 6 nitrogen and oxygen atoms in total. The molecule has 0 unspecified atom stereocenters. The Hall–Kier alpha value is -3.12. The Morgan fingerprint density at radius 3 is 2.54 bits per heavy atom. The number of nitrogens with zero attached hydrogens (tertiary/aromatic N) is 2. The lowest BCUT2D eigenvalue weighted by Crippen LogP contribution is -2.27. The van der Waals surface area contributed by atoms with Gasteiger partial charge in [-0.25, -0.2) is 4.68 Å². The van der Waals surface area contributed by atoms with Crippen molar-refractivity contribution in [3.05, 3.63) is 66.4 Å². The van der Waals surface area contributed by atoms with E-state index in [4.69, 9.17) is 4.74 Å². The molecule has 1 heterocycles. The average molecular weight is 379 g/mol. The molecular formula is C22H25N3O3. The lowest BCUT2D eigenvalue weighted by molar-refractivity contribution is 0.0942. The van der Waals surface area contributed by atoms with Crippen LogP contribution in [-0.4, -0.2) is 40.6 Å². The number of nitrogens with one attached hydrogen (secondary N) is 1. The topological polar surface area (TPSA) is 76.4 Å². The summed E-state index contributed by atoms with van der Waals surface area (Å²) in [7, 11) is 1.61. The van der Waals surface area contributed by atoms with Crippen LogP contribution < -0.4 is 10.1 Å². The van der Waals surface area contributed by atoms with Crippen molar-refractivity contribution >= 4 is 5.91 Å². The third kappa shape index (κ3) is 4.58. The van der Waals surface area contributed by atoms with Gasteiger partial charge in [0.05, 0.1) is 24.5 Å². The van der Waals surface area contributed by atoms with Gasteiger partial charge in [-0.15, -0.1) is 0 Å². The molecule has 1 atom stereocenters. The fourth-order valence-electron chi connectivity index (χ4n) is 2.87. The second-order valence-corrected chi connectivity index (χ2v) is 6.51. The molecule has 0 aliphatic heterocycles. The number of methoxy groups -OCH3 is 1. The molecule has 6 heteroatoms. The number of aliphatic hydroxyl groups excluding tert-OH is 1. The molecule has 0 radical (unpaired) electrons. The normalized spacial score (nSPS) is 11.8. The number of rotatable bonds is 8. The van der Waals surface area contributed by atoms with Gasteiger partial charge < -0.3 is 15.2 Å². The van der Waals surface area contributed by atoms with E-state index in [1.807, 2.05) is 61.5 Å². The summed E-state index contributed by atoms with van der Waals surface area (Å²) in [5.41, 5.74) is 2.78. The van der Waals surface area contributed by atoms with E-state index in [0.29, 0.717) is 30.6 Å². The number of hydrogen-bond donors (Lipinski definition) is 2. The maximum atomic E-state index is 12.8. The zero-order valence-electron chi connectivity index (χ0n) is 16.1. The minimum atomic E-state index is -0.409. The Kier molecular flexibility index (Phi) is 6.45. The van der Waals surface area contributed by atoms with E-state index in [-0.39, 0.29) is 5.91 Å². The minimum Gasteiger partial charge on any atom is -0.497 e. The van der Waals surface area contributed by atoms with Gasteiger partial charge in [0.1, 0.15) is 11.4 Å². The SMILES string of the molecule is CC[C@@H](O)CCNC(=O)c1cn(-c2ccccc2)nc1-c1ccc(OC)cc1. The fraction of sp³-hybridized carbons (Fsp3) is 0.273. The van der Waals surface area contributed by atoms with Crippen LogP contribution in [0.4, 0.5) is 0 Å². The molecule has 0 saturated heterocycles. The third-order valence-corrected chi connectivity index (χ3v) is 4.58. The van der Waals surface area contributed by atoms with Gasteiger partial charge in [-0.2, -0.15) is 5.10 Å². The standard InChI is InChI=1S/C22H25N3O3/c1-3-18(26)13-14-23-22(27)20-15-25(17-7-5-4-6-8-17)24-21(20)16-9-11-19(28-2)12-10-16/h4-12,15,18,26H,3,13-14H2,1-2H3,(H,23,27)/t18-/m1/s1. The molecule has 1 amide bonds. The van der Waals surface area contributed by atoms with Gasteiger partial charge in [-0.3, -0.25) is 4.79 Å². The highest BCUT2D eigenvalue weighted by Crippen LogP contribution is 2.26. The molecule has 2 aromatic carbocycles. The van der Waals surface area contributed by atoms with Crippen molar-refractivity contribution in [2.45, 2.75) is 25.9 Å². The first-order valence-electron chi connectivity index (χ1n) is 9.38. The van der Waals surface area contributed by atoms with Gasteiger partial charge in [0.25, 0.3) is 5.91 Å². The van der Waals surface area contributed by atoms with Gasteiger partial charge in [0.15, 0.2) is 0 Å². The molecule has 0 bridgehead atoms. The second-order valence-electron chi connectivity index (χ2n) is 6.51. The van der Waals surface area contributed by atoms with Gasteiger partial charge >= 0.3 is 0 Å². The molecule has 0 aliphatic rings. The van der Waals surface area contributed by atoms with Crippen LogP contribution in [0.5, 0.6) is 5.75 Å². The smallest absolute Gasteiger partial charge is 0.255 e. The molecule has 3 rings (SSSR count). The van der Waals surface area contributed by atoms with Crippen LogP contribution in [0.2, 0.25) is 0 Å². The van der Waals surface area contributed by atoms with Crippen molar-refractivity contribution in [1.29, 1.82) is 0 Å². The molecule has 0 saturated carbocycles. The Morgan fingerprint density at radius 1 is 1.18 bits per heavy atom. The van der Waals surface area contributed by atoms with Crippen molar-refractivity contribution < 1.29 is 14.6 Å². The lowest BCUT2D eigenvalue weighted by Gasteiger charge is -2.09. The molecular weight excluding hydrogens is 354 g/mol. The van der Waals surface area contributed by atoms with Crippen molar-refractivity contribution in [1.82, 2.24) is 15.1 Å². The van der Waals surface area contributed by atoms with Crippen LogP contribution in [-0.2, 0) is 0 Å². The van der Waals surface area contributed by atoms with E-state index < -0.39 is 6.10 Å². The monoisotopic (exact) mass is 379 g/mol. The van der Waals surface area contributed by atoms with Crippen LogP contribution in [0.15, 0.2) is 60.8 Å². The van der Waals surface area contributed by atoms with Crippen LogP contribution in [0, 0.1) is 0 Å². The summed E-state index contributed by atoms with van der Waals surface area (Å²) in [5.74, 6) is 0.530. The van der Waals surface area contributed by atoms with E-state index in [9.17, 15) is 9.90 Å². The van der Waals surface area contributed by atoms with E-state index in [1.165, 1.54) is 0 Å². The maximum Gasteiger partial charge on any atom is 0.255 e. The highest BCUT2D eigenvalue weighted by atomic mass is 16.5. The van der Waals surface area contributed by atoms with Gasteiger partial charge in [0.2, 0.25) is 0 Å². The molecule has 146 valence electrons. The fourth-order valence-corrected chi connectivity index (χ4v) is 2.87. The number of ether oxygens (including phenoxy) is 1. The maximum absolute atomic E-state index is 12.8. The molecule has 0 spiro atoms. The first-order chi connectivity index (χ1) is 13.6. The Morgan fingerprint density at radius 2 is 1.89 bits per heavy atom. The molecule has 0 aliphatic carbocycles. The first kappa shape index (κ1) is 19.6. The summed E-state index contributed by atoms with van der Waals surface area (Å²) in [6.07, 6.45) is 2.51. The first-order valence-corrected chi connectivity index (χ1v) is 9.38. The Bertz CT molecular complexity index is 905. The number of aromatic nitrogens is 2. The predicted octanol–water partition coefficient (Wildman–Crippen LogP) is 3.44. The van der Waals surface area contributed by atoms with E-state index in [0.717, 1.165) is 17.0 Å². The summed E-state index contributed by atoms with van der Waals surface area (Å²) in [6, 6.07) is 17.1. The number of carbonyl (C=O) groups is 1. The number of hydrogen-bond acceptors (Lipinski definition) is 4. The predicted molar refractivity (Wildman–Crippen MR) is 109 cm³/mol. The third-order valence-electron chi connectivity index (χ3n) is 4.58. The Labute approximate surface area is 164 Å². The van der Waals surface area contributed by atoms with Crippen LogP contribution in [0.1, 0.15) is 30.1 Å². The lowest BCUT2D eigenvalue weighted by atomic mass is 10.1. The number of amides is 1. The quantitative estimate of drug-likeness (QED) is 0.629. The highest BCUT2D eigenvalue weighted by Gasteiger charge is 2.19. The van der Waals surface area contributed by atoms with Crippen LogP contribution >= 0.6 is 0 Å². The van der Waals surface area contributed by atoms with Crippen molar-refractivity contribution in [3.8, 4) is 22.7 Å². The van der Waals surface area contributed by atoms with Crippen molar-refractivity contribution in [3.63, 3.8) is 0 Å². The zero-order valence-corrected chi connectivity index (χ0v) is 16.1. The Balaban J connectivity index is 1.91. The minimum absolute atomic E-state index is 0.212. The summed E-state index contributed by atoms with van der Waals surface area (Å²) in [6.45, 7) is 2.32. The van der Waals surface area contributed by atoms with Crippen molar-refractivity contribution in [2.24, 2.45) is 0 Å². The zero-order chi connectivity index (χ0) is 19.9. The van der Waals surface area contributed by atoms with E-state index in [1.54, 1.807) is 18.0 Å². The van der Waals surface area contributed by atoms with Gasteiger partial charge in [-0.1, -0.05) is 25.1 Å². The average Bonchev–Trinajstić information content (AvgIpc) is 3.20. The van der Waals surface area contributed by atoms with Gasteiger partial charge in [0, 0.05) is 18.3 Å². The van der Waals surface area contributed by atoms with Crippen molar-refractivity contribution in [2.75, 3.05) is 13.7 Å². The number of benzene rings is 2. The van der Waals surface area contributed by atoms with Gasteiger partial charge in [-0.05, 0) is 49.2 Å². The molecule has 0 fully saturated rings. The summed E-state index contributed by atoms with van der Waals surface area (Å²) in [4.78, 5) is 12.8. The molecule has 3 aromatic rings. The van der Waals surface area contributed by atoms with E-state index >= 15 is 0 Å². The molecule has 1 aromatic heterocycles. The van der Waals surface area contributed by atoms with E-state index in [2.05, 4.69) is 10.4 Å². The highest BCUT2D eigenvalue weighted by molar-refractivity contribution is 5.99. The largest absolute Gasteiger partial charge is 0.497 e. The summed E-state index contributed by atoms with van der Waals surface area (Å²) < 4.78 is 6.92. The summed E-state index contributed by atoms with van der Waals surface area (Å²) in [5, 5.41) is 17.2. The number of aliphatic hydroxyl groups is 1. The molecule has 28 heavy (non-hydrogen) atoms. The second kappa shape index (κ2) is 9.19. The number of para-hydroxylation sites is 1. The molecule has 2 N–H and O–H groups in total. The van der Waals surface area contributed by atoms with Crippen LogP contribution in [0.3, 0.4) is 0 Å².